The number of hydrogen-bond acceptors (Lipinski definition) is 5. The van der Waals surface area contributed by atoms with Gasteiger partial charge < -0.3 is 15.3 Å². The van der Waals surface area contributed by atoms with Gasteiger partial charge in [0.25, 0.3) is 5.69 Å². The van der Waals surface area contributed by atoms with Gasteiger partial charge in [-0.2, -0.15) is 0 Å². The van der Waals surface area contributed by atoms with Crippen LogP contribution in [0, 0.1) is 10.1 Å². The molecule has 0 radical (unpaired) electrons. The summed E-state index contributed by atoms with van der Waals surface area (Å²) in [6, 6.07) is 3.19. The number of nitro benzene ring substituents is 1. The summed E-state index contributed by atoms with van der Waals surface area (Å²) in [6.07, 6.45) is 0. The standard InChI is InChI=1S/C12H13N3O5/c1-7-11(16)13-5-6-14(7)10-8(12(17)18)3-2-4-9(10)15(19)20/h2-4,7H,5-6H2,1H3,(H,13,16)(H,17,18). The fraction of sp³-hybridized carbons (Fsp3) is 0.333. The van der Waals surface area contributed by atoms with Crippen LogP contribution in [0.2, 0.25) is 0 Å². The molecule has 0 aromatic heterocycles. The largest absolute Gasteiger partial charge is 0.478 e. The second-order valence-electron chi connectivity index (χ2n) is 4.40. The minimum Gasteiger partial charge on any atom is -0.478 e. The number of aromatic carboxylic acids is 1. The highest BCUT2D eigenvalue weighted by atomic mass is 16.6. The predicted molar refractivity (Wildman–Crippen MR) is 69.9 cm³/mol. The number of carboxylic acid groups (broad SMARTS) is 1. The third kappa shape index (κ3) is 2.27. The first-order valence-corrected chi connectivity index (χ1v) is 5.98. The van der Waals surface area contributed by atoms with Crippen molar-refractivity contribution in [3.05, 3.63) is 33.9 Å². The van der Waals surface area contributed by atoms with Crippen LogP contribution >= 0.6 is 0 Å². The Balaban J connectivity index is 2.60. The van der Waals surface area contributed by atoms with Crippen molar-refractivity contribution in [2.75, 3.05) is 18.0 Å². The van der Waals surface area contributed by atoms with Gasteiger partial charge in [-0.1, -0.05) is 6.07 Å². The summed E-state index contributed by atoms with van der Waals surface area (Å²) in [4.78, 5) is 34.9. The van der Waals surface area contributed by atoms with E-state index < -0.39 is 16.9 Å². The van der Waals surface area contributed by atoms with Gasteiger partial charge in [0.1, 0.15) is 11.7 Å². The zero-order valence-corrected chi connectivity index (χ0v) is 10.7. The van der Waals surface area contributed by atoms with Gasteiger partial charge in [0.15, 0.2) is 0 Å². The SMILES string of the molecule is CC1C(=O)NCCN1c1c(C(=O)O)cccc1[N+](=O)[O-]. The molecule has 0 spiro atoms. The molecule has 0 aliphatic carbocycles. The molecule has 8 heteroatoms. The van der Waals surface area contributed by atoms with Crippen molar-refractivity contribution >= 4 is 23.3 Å². The summed E-state index contributed by atoms with van der Waals surface area (Å²) in [5.41, 5.74) is -0.514. The first kappa shape index (κ1) is 13.8. The van der Waals surface area contributed by atoms with E-state index in [0.29, 0.717) is 13.1 Å². The molecule has 2 rings (SSSR count). The zero-order valence-electron chi connectivity index (χ0n) is 10.7. The van der Waals surface area contributed by atoms with E-state index in [1.807, 2.05) is 0 Å². The summed E-state index contributed by atoms with van der Waals surface area (Å²) < 4.78 is 0. The van der Waals surface area contributed by atoms with Crippen molar-refractivity contribution in [2.45, 2.75) is 13.0 Å². The molecule has 1 amide bonds. The molecule has 1 atom stereocenters. The van der Waals surface area contributed by atoms with Crippen LogP contribution in [0.1, 0.15) is 17.3 Å². The van der Waals surface area contributed by atoms with Gasteiger partial charge in [-0.05, 0) is 13.0 Å². The lowest BCUT2D eigenvalue weighted by Gasteiger charge is -2.34. The van der Waals surface area contributed by atoms with E-state index in [1.165, 1.54) is 23.1 Å². The zero-order chi connectivity index (χ0) is 14.9. The Bertz CT molecular complexity index is 554. The van der Waals surface area contributed by atoms with Gasteiger partial charge >= 0.3 is 5.97 Å². The second-order valence-corrected chi connectivity index (χ2v) is 4.40. The molecular weight excluding hydrogens is 266 g/mol. The summed E-state index contributed by atoms with van der Waals surface area (Å²) in [7, 11) is 0. The molecule has 1 aliphatic heterocycles. The predicted octanol–water partition coefficient (Wildman–Crippen LogP) is 0.618. The van der Waals surface area contributed by atoms with Crippen LogP contribution in [0.5, 0.6) is 0 Å². The number of rotatable bonds is 3. The van der Waals surface area contributed by atoms with Crippen LogP contribution in [-0.4, -0.2) is 41.0 Å². The van der Waals surface area contributed by atoms with Gasteiger partial charge in [-0.15, -0.1) is 0 Å². The lowest BCUT2D eigenvalue weighted by molar-refractivity contribution is -0.384. The van der Waals surface area contributed by atoms with Crippen molar-refractivity contribution in [1.29, 1.82) is 0 Å². The molecule has 8 nitrogen and oxygen atoms in total. The monoisotopic (exact) mass is 279 g/mol. The topological polar surface area (TPSA) is 113 Å². The van der Waals surface area contributed by atoms with E-state index in [9.17, 15) is 24.8 Å². The van der Waals surface area contributed by atoms with Gasteiger partial charge in [-0.3, -0.25) is 14.9 Å². The quantitative estimate of drug-likeness (QED) is 0.619. The summed E-state index contributed by atoms with van der Waals surface area (Å²) in [6.45, 7) is 2.21. The molecule has 1 aromatic carbocycles. The number of piperazine rings is 1. The Morgan fingerprint density at radius 1 is 1.55 bits per heavy atom. The minimum atomic E-state index is -1.26. The average molecular weight is 279 g/mol. The number of carboxylic acids is 1. The van der Waals surface area contributed by atoms with Gasteiger partial charge in [-0.25, -0.2) is 4.79 Å². The normalized spacial score (nSPS) is 18.6. The first-order valence-electron chi connectivity index (χ1n) is 5.98. The molecule has 0 saturated carbocycles. The lowest BCUT2D eigenvalue weighted by Crippen LogP contribution is -2.54. The van der Waals surface area contributed by atoms with Gasteiger partial charge in [0.2, 0.25) is 5.91 Å². The van der Waals surface area contributed by atoms with Crippen LogP contribution < -0.4 is 10.2 Å². The molecule has 20 heavy (non-hydrogen) atoms. The van der Waals surface area contributed by atoms with Gasteiger partial charge in [0, 0.05) is 19.2 Å². The van der Waals surface area contributed by atoms with Crippen LogP contribution in [0.15, 0.2) is 18.2 Å². The van der Waals surface area contributed by atoms with Crippen molar-refractivity contribution in [3.8, 4) is 0 Å². The van der Waals surface area contributed by atoms with Crippen molar-refractivity contribution in [2.24, 2.45) is 0 Å². The molecule has 1 saturated heterocycles. The van der Waals surface area contributed by atoms with E-state index in [2.05, 4.69) is 5.32 Å². The van der Waals surface area contributed by atoms with E-state index in [0.717, 1.165) is 0 Å². The van der Waals surface area contributed by atoms with E-state index >= 15 is 0 Å². The number of para-hydroxylation sites is 1. The molecule has 106 valence electrons. The maximum absolute atomic E-state index is 11.7. The fourth-order valence-corrected chi connectivity index (χ4v) is 2.24. The smallest absolute Gasteiger partial charge is 0.338 e. The van der Waals surface area contributed by atoms with Crippen molar-refractivity contribution in [3.63, 3.8) is 0 Å². The maximum Gasteiger partial charge on any atom is 0.338 e. The Labute approximate surface area is 114 Å². The number of carbonyl (C=O) groups excluding carboxylic acids is 1. The minimum absolute atomic E-state index is 0.0210. The molecule has 2 N–H and O–H groups in total. The Morgan fingerprint density at radius 3 is 2.85 bits per heavy atom. The summed E-state index contributed by atoms with van der Waals surface area (Å²) in [5, 5.41) is 22.9. The number of benzene rings is 1. The molecule has 1 unspecified atom stereocenters. The third-order valence-corrected chi connectivity index (χ3v) is 3.23. The first-order chi connectivity index (χ1) is 9.43. The average Bonchev–Trinajstić information content (AvgIpc) is 2.41. The second kappa shape index (κ2) is 5.16. The van der Waals surface area contributed by atoms with E-state index in [1.54, 1.807) is 6.92 Å². The molecule has 1 aromatic rings. The highest BCUT2D eigenvalue weighted by Crippen LogP contribution is 2.33. The van der Waals surface area contributed by atoms with E-state index in [-0.39, 0.29) is 22.8 Å². The van der Waals surface area contributed by atoms with Crippen LogP contribution in [0.25, 0.3) is 0 Å². The highest BCUT2D eigenvalue weighted by molar-refractivity contribution is 5.99. The number of hydrogen-bond donors (Lipinski definition) is 2. The van der Waals surface area contributed by atoms with Crippen molar-refractivity contribution < 1.29 is 19.6 Å². The number of nitrogens with zero attached hydrogens (tertiary/aromatic N) is 2. The van der Waals surface area contributed by atoms with Gasteiger partial charge in [0.05, 0.1) is 10.5 Å². The fourth-order valence-electron chi connectivity index (χ4n) is 2.24. The summed E-state index contributed by atoms with van der Waals surface area (Å²) in [5.74, 6) is -1.55. The van der Waals surface area contributed by atoms with Crippen LogP contribution in [-0.2, 0) is 4.79 Å². The Hall–Kier alpha value is -2.64. The molecule has 1 heterocycles. The molecule has 1 fully saturated rings. The molecular formula is C12H13N3O5. The van der Waals surface area contributed by atoms with Crippen LogP contribution in [0.3, 0.4) is 0 Å². The lowest BCUT2D eigenvalue weighted by atomic mass is 10.1. The van der Waals surface area contributed by atoms with E-state index in [4.69, 9.17) is 0 Å². The highest BCUT2D eigenvalue weighted by Gasteiger charge is 2.33. The molecule has 0 bridgehead atoms. The Morgan fingerprint density at radius 2 is 2.25 bits per heavy atom. The third-order valence-electron chi connectivity index (χ3n) is 3.23. The number of nitrogens with one attached hydrogen (secondary N) is 1. The Kier molecular flexibility index (Phi) is 3.55. The number of amides is 1. The maximum atomic E-state index is 11.7. The number of carbonyl (C=O) groups is 2. The number of anilines is 1. The van der Waals surface area contributed by atoms with Crippen LogP contribution in [0.4, 0.5) is 11.4 Å². The number of nitro groups is 1. The van der Waals surface area contributed by atoms with Crippen molar-refractivity contribution in [1.82, 2.24) is 5.32 Å². The summed E-state index contributed by atoms with van der Waals surface area (Å²) >= 11 is 0. The molecule has 1 aliphatic rings.